The van der Waals surface area contributed by atoms with E-state index in [4.69, 9.17) is 0 Å². The summed E-state index contributed by atoms with van der Waals surface area (Å²) in [5.74, 6) is -0.193. The fraction of sp³-hybridized carbons (Fsp3) is 0.294. The minimum Gasteiger partial charge on any atom is -0.384 e. The summed E-state index contributed by atoms with van der Waals surface area (Å²) < 4.78 is 13.1. The second kappa shape index (κ2) is 6.06. The van der Waals surface area contributed by atoms with Crippen molar-refractivity contribution in [1.29, 1.82) is 0 Å². The number of hydrogen-bond acceptors (Lipinski definition) is 2. The minimum atomic E-state index is -0.193. The SMILES string of the molecule is Fc1cccc(NCCN2CCc3ccccc3C2)c1. The van der Waals surface area contributed by atoms with Crippen LogP contribution in [-0.2, 0) is 13.0 Å². The molecule has 0 aromatic heterocycles. The molecule has 0 saturated carbocycles. The maximum atomic E-state index is 13.1. The van der Waals surface area contributed by atoms with Crippen LogP contribution < -0.4 is 5.32 Å². The van der Waals surface area contributed by atoms with Gasteiger partial charge in [-0.15, -0.1) is 0 Å². The summed E-state index contributed by atoms with van der Waals surface area (Å²) in [4.78, 5) is 2.44. The molecule has 2 nitrogen and oxygen atoms in total. The van der Waals surface area contributed by atoms with Crippen LogP contribution in [0.5, 0.6) is 0 Å². The predicted octanol–water partition coefficient (Wildman–Crippen LogP) is 3.30. The summed E-state index contributed by atoms with van der Waals surface area (Å²) in [6, 6.07) is 15.3. The molecule has 104 valence electrons. The molecule has 0 spiro atoms. The van der Waals surface area contributed by atoms with Crippen LogP contribution in [0.4, 0.5) is 10.1 Å². The van der Waals surface area contributed by atoms with Crippen molar-refractivity contribution in [3.8, 4) is 0 Å². The second-order valence-electron chi connectivity index (χ2n) is 5.23. The van der Waals surface area contributed by atoms with E-state index in [1.165, 1.54) is 23.3 Å². The van der Waals surface area contributed by atoms with Crippen molar-refractivity contribution in [2.24, 2.45) is 0 Å². The largest absolute Gasteiger partial charge is 0.384 e. The highest BCUT2D eigenvalue weighted by Gasteiger charge is 2.14. The fourth-order valence-electron chi connectivity index (χ4n) is 2.70. The van der Waals surface area contributed by atoms with Gasteiger partial charge >= 0.3 is 0 Å². The molecule has 1 aliphatic heterocycles. The van der Waals surface area contributed by atoms with Gasteiger partial charge in [0.05, 0.1) is 0 Å². The average molecular weight is 270 g/mol. The molecular formula is C17H19FN2. The Morgan fingerprint density at radius 3 is 2.75 bits per heavy atom. The van der Waals surface area contributed by atoms with E-state index in [0.29, 0.717) is 0 Å². The molecule has 0 radical (unpaired) electrons. The van der Waals surface area contributed by atoms with E-state index in [-0.39, 0.29) is 5.82 Å². The molecule has 0 unspecified atom stereocenters. The topological polar surface area (TPSA) is 15.3 Å². The highest BCUT2D eigenvalue weighted by molar-refractivity contribution is 5.43. The van der Waals surface area contributed by atoms with Gasteiger partial charge in [0.1, 0.15) is 5.82 Å². The standard InChI is InChI=1S/C17H19FN2/c18-16-6-3-7-17(12-16)19-9-11-20-10-8-14-4-1-2-5-15(14)13-20/h1-7,12,19H,8-11,13H2. The van der Waals surface area contributed by atoms with Gasteiger partial charge in [-0.25, -0.2) is 4.39 Å². The van der Waals surface area contributed by atoms with Gasteiger partial charge in [0.15, 0.2) is 0 Å². The van der Waals surface area contributed by atoms with Gasteiger partial charge in [-0.3, -0.25) is 4.90 Å². The van der Waals surface area contributed by atoms with Crippen LogP contribution >= 0.6 is 0 Å². The first-order valence-corrected chi connectivity index (χ1v) is 7.10. The summed E-state index contributed by atoms with van der Waals surface area (Å²) in [6.45, 7) is 3.93. The number of rotatable bonds is 4. The van der Waals surface area contributed by atoms with Crippen molar-refractivity contribution >= 4 is 5.69 Å². The van der Waals surface area contributed by atoms with Gasteiger partial charge in [0.2, 0.25) is 0 Å². The zero-order valence-electron chi connectivity index (χ0n) is 11.5. The third-order valence-corrected chi connectivity index (χ3v) is 3.79. The lowest BCUT2D eigenvalue weighted by Gasteiger charge is -2.28. The van der Waals surface area contributed by atoms with E-state index < -0.39 is 0 Å². The van der Waals surface area contributed by atoms with Crippen LogP contribution in [0.3, 0.4) is 0 Å². The molecule has 3 heteroatoms. The van der Waals surface area contributed by atoms with Gasteiger partial charge in [0.25, 0.3) is 0 Å². The Hall–Kier alpha value is -1.87. The molecule has 0 saturated heterocycles. The average Bonchev–Trinajstić information content (AvgIpc) is 2.47. The number of hydrogen-bond donors (Lipinski definition) is 1. The molecule has 0 fully saturated rings. The summed E-state index contributed by atoms with van der Waals surface area (Å²) in [7, 11) is 0. The van der Waals surface area contributed by atoms with Gasteiger partial charge in [-0.1, -0.05) is 30.3 Å². The van der Waals surface area contributed by atoms with Gasteiger partial charge in [-0.2, -0.15) is 0 Å². The fourth-order valence-corrected chi connectivity index (χ4v) is 2.70. The van der Waals surface area contributed by atoms with E-state index in [0.717, 1.165) is 38.3 Å². The highest BCUT2D eigenvalue weighted by Crippen LogP contribution is 2.18. The lowest BCUT2D eigenvalue weighted by atomic mass is 10.00. The molecule has 1 aliphatic rings. The summed E-state index contributed by atoms with van der Waals surface area (Å²) >= 11 is 0. The summed E-state index contributed by atoms with van der Waals surface area (Å²) in [5.41, 5.74) is 3.76. The molecule has 3 rings (SSSR count). The Labute approximate surface area is 119 Å². The minimum absolute atomic E-state index is 0.193. The monoisotopic (exact) mass is 270 g/mol. The molecule has 20 heavy (non-hydrogen) atoms. The number of nitrogens with zero attached hydrogens (tertiary/aromatic N) is 1. The maximum Gasteiger partial charge on any atom is 0.125 e. The second-order valence-corrected chi connectivity index (χ2v) is 5.23. The number of anilines is 1. The van der Waals surface area contributed by atoms with E-state index in [9.17, 15) is 4.39 Å². The van der Waals surface area contributed by atoms with Crippen LogP contribution in [0.2, 0.25) is 0 Å². The van der Waals surface area contributed by atoms with Gasteiger partial charge in [0, 0.05) is 31.9 Å². The van der Waals surface area contributed by atoms with Crippen molar-refractivity contribution in [3.05, 3.63) is 65.5 Å². The van der Waals surface area contributed by atoms with Crippen LogP contribution in [0.1, 0.15) is 11.1 Å². The van der Waals surface area contributed by atoms with Gasteiger partial charge < -0.3 is 5.32 Å². The Morgan fingerprint density at radius 2 is 1.90 bits per heavy atom. The van der Waals surface area contributed by atoms with Crippen molar-refractivity contribution in [3.63, 3.8) is 0 Å². The van der Waals surface area contributed by atoms with Crippen molar-refractivity contribution < 1.29 is 4.39 Å². The number of fused-ring (bicyclic) bond motifs is 1. The lowest BCUT2D eigenvalue weighted by Crippen LogP contribution is -2.34. The van der Waals surface area contributed by atoms with E-state index in [1.807, 2.05) is 6.07 Å². The van der Waals surface area contributed by atoms with E-state index >= 15 is 0 Å². The van der Waals surface area contributed by atoms with Crippen molar-refractivity contribution in [1.82, 2.24) is 4.90 Å². The van der Waals surface area contributed by atoms with Crippen LogP contribution in [-0.4, -0.2) is 24.5 Å². The third-order valence-electron chi connectivity index (χ3n) is 3.79. The maximum absolute atomic E-state index is 13.1. The molecule has 1 heterocycles. The third kappa shape index (κ3) is 3.17. The molecule has 1 N–H and O–H groups in total. The quantitative estimate of drug-likeness (QED) is 0.917. The molecule has 0 bridgehead atoms. The number of halogens is 1. The first-order valence-electron chi connectivity index (χ1n) is 7.10. The molecular weight excluding hydrogens is 251 g/mol. The summed E-state index contributed by atoms with van der Waals surface area (Å²) in [5, 5.41) is 3.28. The van der Waals surface area contributed by atoms with E-state index in [2.05, 4.69) is 34.5 Å². The van der Waals surface area contributed by atoms with Crippen molar-refractivity contribution in [2.75, 3.05) is 25.0 Å². The Kier molecular flexibility index (Phi) is 3.97. The molecule has 0 amide bonds. The molecule has 0 aliphatic carbocycles. The number of benzene rings is 2. The molecule has 2 aromatic carbocycles. The first kappa shape index (κ1) is 13.1. The smallest absolute Gasteiger partial charge is 0.125 e. The first-order chi connectivity index (χ1) is 9.81. The van der Waals surface area contributed by atoms with E-state index in [1.54, 1.807) is 6.07 Å². The molecule has 2 aromatic rings. The number of nitrogens with one attached hydrogen (secondary N) is 1. The molecule has 0 atom stereocenters. The van der Waals surface area contributed by atoms with Crippen LogP contribution in [0, 0.1) is 5.82 Å². The zero-order valence-corrected chi connectivity index (χ0v) is 11.5. The van der Waals surface area contributed by atoms with Crippen LogP contribution in [0.25, 0.3) is 0 Å². The van der Waals surface area contributed by atoms with Gasteiger partial charge in [-0.05, 0) is 35.7 Å². The zero-order chi connectivity index (χ0) is 13.8. The Bertz CT molecular complexity index is 583. The Balaban J connectivity index is 1.51. The van der Waals surface area contributed by atoms with Crippen LogP contribution in [0.15, 0.2) is 48.5 Å². The highest BCUT2D eigenvalue weighted by atomic mass is 19.1. The predicted molar refractivity (Wildman–Crippen MR) is 80.3 cm³/mol. The summed E-state index contributed by atoms with van der Waals surface area (Å²) in [6.07, 6.45) is 1.12. The lowest BCUT2D eigenvalue weighted by molar-refractivity contribution is 0.264. The van der Waals surface area contributed by atoms with Crippen molar-refractivity contribution in [2.45, 2.75) is 13.0 Å². The normalized spacial score (nSPS) is 14.8. The Morgan fingerprint density at radius 1 is 1.05 bits per heavy atom.